The number of sulfone groups is 1. The van der Waals surface area contributed by atoms with Crippen LogP contribution in [0.1, 0.15) is 41.5 Å². The first-order valence-electron chi connectivity index (χ1n) is 14.1. The van der Waals surface area contributed by atoms with Crippen molar-refractivity contribution >= 4 is 21.4 Å². The fourth-order valence-electron chi connectivity index (χ4n) is 5.56. The molecule has 9 heteroatoms. The Morgan fingerprint density at radius 2 is 1.56 bits per heavy atom. The number of carbonyl (C=O) groups is 1. The van der Waals surface area contributed by atoms with Crippen LogP contribution in [0.15, 0.2) is 79.0 Å². The standard InChI is InChI=1S/C32H35N5O3S/c1-32(15-2-16-34-32)31-33-21-29(36-31)26-9-5-24(6-10-26)25-7-11-27(12-8-25)30(38)35-28-13-3-23(4-14-28)22-37-17-19-41(39,40)20-18-37/h3-14,21,34H,2,15-20,22H2,1H3,(H,33,36)(H,35,38)/t32-/m0/s1. The van der Waals surface area contributed by atoms with Crippen LogP contribution in [0.25, 0.3) is 22.4 Å². The molecule has 3 aromatic carbocycles. The Labute approximate surface area is 241 Å². The zero-order chi connectivity index (χ0) is 28.5. The number of aromatic nitrogens is 2. The normalized spacial score (nSPS) is 20.6. The van der Waals surface area contributed by atoms with Crippen molar-refractivity contribution in [3.05, 3.63) is 95.9 Å². The molecule has 2 fully saturated rings. The fourth-order valence-corrected chi connectivity index (χ4v) is 6.84. The molecule has 2 aliphatic heterocycles. The number of nitrogens with zero attached hydrogens (tertiary/aromatic N) is 2. The molecule has 0 saturated carbocycles. The van der Waals surface area contributed by atoms with Gasteiger partial charge in [0, 0.05) is 30.9 Å². The number of imidazole rings is 1. The first kappa shape index (κ1) is 27.4. The number of nitrogens with one attached hydrogen (secondary N) is 3. The van der Waals surface area contributed by atoms with Crippen molar-refractivity contribution in [1.29, 1.82) is 0 Å². The molecule has 41 heavy (non-hydrogen) atoms. The summed E-state index contributed by atoms with van der Waals surface area (Å²) in [5.41, 5.74) is 6.51. The van der Waals surface area contributed by atoms with Crippen molar-refractivity contribution in [3.63, 3.8) is 0 Å². The molecule has 6 rings (SSSR count). The first-order valence-corrected chi connectivity index (χ1v) is 15.9. The van der Waals surface area contributed by atoms with Gasteiger partial charge >= 0.3 is 0 Å². The highest BCUT2D eigenvalue weighted by Crippen LogP contribution is 2.30. The van der Waals surface area contributed by atoms with E-state index >= 15 is 0 Å². The number of rotatable bonds is 7. The van der Waals surface area contributed by atoms with Crippen molar-refractivity contribution in [2.75, 3.05) is 36.5 Å². The van der Waals surface area contributed by atoms with E-state index in [2.05, 4.69) is 56.7 Å². The van der Waals surface area contributed by atoms with Gasteiger partial charge in [-0.25, -0.2) is 13.4 Å². The number of hydrogen-bond donors (Lipinski definition) is 3. The van der Waals surface area contributed by atoms with Crippen LogP contribution in [0.5, 0.6) is 0 Å². The second-order valence-corrected chi connectivity index (χ2v) is 13.5. The van der Waals surface area contributed by atoms with Gasteiger partial charge in [-0.05, 0) is 72.8 Å². The number of anilines is 1. The third-order valence-electron chi connectivity index (χ3n) is 8.20. The molecule has 212 valence electrons. The Kier molecular flexibility index (Phi) is 7.50. The summed E-state index contributed by atoms with van der Waals surface area (Å²) >= 11 is 0. The number of hydrogen-bond acceptors (Lipinski definition) is 6. The van der Waals surface area contributed by atoms with Crippen LogP contribution in [-0.2, 0) is 21.9 Å². The molecule has 2 aliphatic rings. The molecule has 1 aromatic heterocycles. The lowest BCUT2D eigenvalue weighted by Crippen LogP contribution is -2.39. The molecule has 0 aliphatic carbocycles. The van der Waals surface area contributed by atoms with Crippen molar-refractivity contribution in [1.82, 2.24) is 20.2 Å². The Morgan fingerprint density at radius 1 is 0.927 bits per heavy atom. The van der Waals surface area contributed by atoms with Gasteiger partial charge in [-0.1, -0.05) is 48.5 Å². The van der Waals surface area contributed by atoms with Gasteiger partial charge in [0.25, 0.3) is 5.91 Å². The molecule has 0 spiro atoms. The van der Waals surface area contributed by atoms with Gasteiger partial charge in [0.1, 0.15) is 5.82 Å². The molecule has 3 N–H and O–H groups in total. The minimum absolute atomic E-state index is 0.0858. The van der Waals surface area contributed by atoms with Crippen LogP contribution >= 0.6 is 0 Å². The molecule has 1 amide bonds. The van der Waals surface area contributed by atoms with Gasteiger partial charge in [0.15, 0.2) is 9.84 Å². The van der Waals surface area contributed by atoms with E-state index in [4.69, 9.17) is 0 Å². The Balaban J connectivity index is 1.05. The molecule has 0 radical (unpaired) electrons. The summed E-state index contributed by atoms with van der Waals surface area (Å²) in [6.45, 7) is 5.03. The highest BCUT2D eigenvalue weighted by atomic mass is 32.2. The largest absolute Gasteiger partial charge is 0.340 e. The summed E-state index contributed by atoms with van der Waals surface area (Å²) in [6, 6.07) is 23.7. The summed E-state index contributed by atoms with van der Waals surface area (Å²) in [4.78, 5) is 23.1. The highest BCUT2D eigenvalue weighted by Gasteiger charge is 2.32. The van der Waals surface area contributed by atoms with Gasteiger partial charge in [-0.15, -0.1) is 0 Å². The molecule has 0 bridgehead atoms. The van der Waals surface area contributed by atoms with Crippen molar-refractivity contribution < 1.29 is 13.2 Å². The maximum Gasteiger partial charge on any atom is 0.255 e. The van der Waals surface area contributed by atoms with Crippen LogP contribution in [-0.4, -0.2) is 60.3 Å². The summed E-state index contributed by atoms with van der Waals surface area (Å²) in [7, 11) is -2.88. The molecule has 3 heterocycles. The summed E-state index contributed by atoms with van der Waals surface area (Å²) in [5.74, 6) is 1.25. The van der Waals surface area contributed by atoms with Crippen LogP contribution < -0.4 is 10.6 Å². The minimum Gasteiger partial charge on any atom is -0.340 e. The zero-order valence-electron chi connectivity index (χ0n) is 23.2. The molecule has 4 aromatic rings. The smallest absolute Gasteiger partial charge is 0.255 e. The molecule has 8 nitrogen and oxygen atoms in total. The topological polar surface area (TPSA) is 107 Å². The molecule has 2 saturated heterocycles. The van der Waals surface area contributed by atoms with E-state index in [0.29, 0.717) is 25.2 Å². The monoisotopic (exact) mass is 569 g/mol. The maximum absolute atomic E-state index is 12.9. The minimum atomic E-state index is -2.88. The van der Waals surface area contributed by atoms with Gasteiger partial charge in [-0.3, -0.25) is 9.69 Å². The van der Waals surface area contributed by atoms with Gasteiger partial charge < -0.3 is 15.6 Å². The van der Waals surface area contributed by atoms with E-state index in [-0.39, 0.29) is 23.0 Å². The Hall–Kier alpha value is -3.79. The second-order valence-electron chi connectivity index (χ2n) is 11.2. The van der Waals surface area contributed by atoms with Crippen LogP contribution in [0.3, 0.4) is 0 Å². The quantitative estimate of drug-likeness (QED) is 0.295. The van der Waals surface area contributed by atoms with E-state index < -0.39 is 9.84 Å². The molecular formula is C32H35N5O3S. The lowest BCUT2D eigenvalue weighted by Gasteiger charge is -2.26. The predicted molar refractivity (Wildman–Crippen MR) is 162 cm³/mol. The van der Waals surface area contributed by atoms with E-state index in [1.54, 1.807) is 0 Å². The third-order valence-corrected chi connectivity index (χ3v) is 9.81. The van der Waals surface area contributed by atoms with Crippen molar-refractivity contribution in [2.24, 2.45) is 0 Å². The van der Waals surface area contributed by atoms with Crippen LogP contribution in [0, 0.1) is 0 Å². The fraction of sp³-hybridized carbons (Fsp3) is 0.312. The molecular weight excluding hydrogens is 534 g/mol. The first-order chi connectivity index (χ1) is 19.8. The number of H-pyrrole nitrogens is 1. The average molecular weight is 570 g/mol. The average Bonchev–Trinajstić information content (AvgIpc) is 3.66. The lowest BCUT2D eigenvalue weighted by molar-refractivity contribution is 0.102. The Morgan fingerprint density at radius 3 is 2.20 bits per heavy atom. The Bertz CT molecular complexity index is 1610. The number of aromatic amines is 1. The van der Waals surface area contributed by atoms with Crippen molar-refractivity contribution in [2.45, 2.75) is 31.8 Å². The summed E-state index contributed by atoms with van der Waals surface area (Å²) in [5, 5.41) is 6.51. The third kappa shape index (κ3) is 6.27. The molecule has 0 unspecified atom stereocenters. The number of carbonyl (C=O) groups excluding carboxylic acids is 1. The highest BCUT2D eigenvalue weighted by molar-refractivity contribution is 7.91. The van der Waals surface area contributed by atoms with E-state index in [0.717, 1.165) is 58.8 Å². The predicted octanol–water partition coefficient (Wildman–Crippen LogP) is 4.83. The van der Waals surface area contributed by atoms with Gasteiger partial charge in [-0.2, -0.15) is 0 Å². The summed E-state index contributed by atoms with van der Waals surface area (Å²) in [6.07, 6.45) is 4.14. The summed E-state index contributed by atoms with van der Waals surface area (Å²) < 4.78 is 23.3. The van der Waals surface area contributed by atoms with E-state index in [9.17, 15) is 13.2 Å². The maximum atomic E-state index is 12.9. The molecule has 1 atom stereocenters. The SMILES string of the molecule is C[C@@]1(c2ncc(-c3ccc(-c4ccc(C(=O)Nc5ccc(CN6CCS(=O)(=O)CC6)cc5)cc4)cc3)[nH]2)CCCN1. The zero-order valence-corrected chi connectivity index (χ0v) is 24.0. The van der Waals surface area contributed by atoms with Gasteiger partial charge in [0.05, 0.1) is 28.9 Å². The van der Waals surface area contributed by atoms with Crippen molar-refractivity contribution in [3.8, 4) is 22.4 Å². The number of benzene rings is 3. The van der Waals surface area contributed by atoms with Crippen LogP contribution in [0.4, 0.5) is 5.69 Å². The van der Waals surface area contributed by atoms with Gasteiger partial charge in [0.2, 0.25) is 0 Å². The van der Waals surface area contributed by atoms with Crippen LogP contribution in [0.2, 0.25) is 0 Å². The van der Waals surface area contributed by atoms with E-state index in [1.807, 2.05) is 54.7 Å². The van der Waals surface area contributed by atoms with E-state index in [1.165, 1.54) is 0 Å². The second kappa shape index (κ2) is 11.2. The number of amides is 1. The lowest BCUT2D eigenvalue weighted by atomic mass is 10.00.